The van der Waals surface area contributed by atoms with Gasteiger partial charge in [0.05, 0.1) is 3.79 Å². The molecule has 1 saturated carbocycles. The van der Waals surface area contributed by atoms with Gasteiger partial charge in [-0.2, -0.15) is 0 Å². The molecule has 0 aromatic carbocycles. The van der Waals surface area contributed by atoms with Crippen LogP contribution in [0.3, 0.4) is 0 Å². The molecule has 1 aliphatic heterocycles. The minimum absolute atomic E-state index is 0.285. The van der Waals surface area contributed by atoms with E-state index in [-0.39, 0.29) is 6.04 Å². The Bertz CT molecular complexity index is 476. The number of hydrogen-bond acceptors (Lipinski definition) is 3. The van der Waals surface area contributed by atoms with Gasteiger partial charge < -0.3 is 5.11 Å². The summed E-state index contributed by atoms with van der Waals surface area (Å²) >= 11 is 5.15. The molecule has 0 spiro atoms. The second kappa shape index (κ2) is 5.54. The lowest BCUT2D eigenvalue weighted by Gasteiger charge is -2.32. The van der Waals surface area contributed by atoms with Crippen LogP contribution < -0.4 is 0 Å². The van der Waals surface area contributed by atoms with Gasteiger partial charge in [-0.1, -0.05) is 12.8 Å². The number of nitrogens with zero attached hydrogens (tertiary/aromatic N) is 1. The van der Waals surface area contributed by atoms with E-state index in [0.29, 0.717) is 12.0 Å². The van der Waals surface area contributed by atoms with Crippen molar-refractivity contribution in [3.8, 4) is 0 Å². The maximum atomic E-state index is 11.5. The molecule has 1 saturated heterocycles. The van der Waals surface area contributed by atoms with Crippen LogP contribution >= 0.6 is 27.3 Å². The van der Waals surface area contributed by atoms with Gasteiger partial charge in [-0.3, -0.25) is 9.69 Å². The van der Waals surface area contributed by atoms with Crippen molar-refractivity contribution in [2.45, 2.75) is 50.7 Å². The number of halogens is 1. The highest BCUT2D eigenvalue weighted by atomic mass is 79.9. The number of rotatable bonds is 3. The maximum Gasteiger partial charge on any atom is 0.320 e. The summed E-state index contributed by atoms with van der Waals surface area (Å²) in [5.74, 6) is -0.0550. The lowest BCUT2D eigenvalue weighted by Crippen LogP contribution is -2.41. The monoisotopic (exact) mass is 343 g/mol. The summed E-state index contributed by atoms with van der Waals surface area (Å²) in [5.41, 5.74) is 1.23. The first-order valence-corrected chi connectivity index (χ1v) is 8.54. The van der Waals surface area contributed by atoms with E-state index in [0.717, 1.165) is 16.8 Å². The van der Waals surface area contributed by atoms with Crippen molar-refractivity contribution in [2.24, 2.45) is 5.92 Å². The number of hydrogen-bond donors (Lipinski definition) is 1. The van der Waals surface area contributed by atoms with Gasteiger partial charge in [0.1, 0.15) is 6.04 Å². The van der Waals surface area contributed by atoms with Crippen molar-refractivity contribution < 1.29 is 9.90 Å². The summed E-state index contributed by atoms with van der Waals surface area (Å²) in [6.45, 7) is 0.778. The van der Waals surface area contributed by atoms with Gasteiger partial charge >= 0.3 is 5.97 Å². The summed E-state index contributed by atoms with van der Waals surface area (Å²) < 4.78 is 1.12. The van der Waals surface area contributed by atoms with E-state index in [1.807, 2.05) is 0 Å². The molecule has 2 aliphatic rings. The highest BCUT2D eigenvalue weighted by Crippen LogP contribution is 2.40. The first-order chi connectivity index (χ1) is 9.15. The quantitative estimate of drug-likeness (QED) is 0.908. The molecule has 0 amide bonds. The predicted molar refractivity (Wildman–Crippen MR) is 79.3 cm³/mol. The van der Waals surface area contributed by atoms with Gasteiger partial charge in [-0.25, -0.2) is 0 Å². The Morgan fingerprint density at radius 1 is 1.47 bits per heavy atom. The maximum absolute atomic E-state index is 11.5. The number of aliphatic carboxylic acids is 1. The van der Waals surface area contributed by atoms with Gasteiger partial charge in [0, 0.05) is 12.6 Å². The number of carboxylic acids is 1. The molecule has 1 aliphatic carbocycles. The molecule has 3 nitrogen and oxygen atoms in total. The molecule has 0 radical (unpaired) electrons. The highest BCUT2D eigenvalue weighted by Gasteiger charge is 2.44. The number of likely N-dealkylation sites (tertiary alicyclic amines) is 1. The lowest BCUT2D eigenvalue weighted by atomic mass is 9.85. The topological polar surface area (TPSA) is 40.5 Å². The third-order valence-corrected chi connectivity index (χ3v) is 6.05. The van der Waals surface area contributed by atoms with Crippen molar-refractivity contribution in [1.82, 2.24) is 4.90 Å². The van der Waals surface area contributed by atoms with Crippen LogP contribution in [0.15, 0.2) is 15.2 Å². The van der Waals surface area contributed by atoms with Crippen LogP contribution in [0.4, 0.5) is 0 Å². The molecule has 5 heteroatoms. The second-order valence-corrected chi connectivity index (χ2v) is 7.92. The van der Waals surface area contributed by atoms with E-state index in [2.05, 4.69) is 32.3 Å². The van der Waals surface area contributed by atoms with E-state index in [9.17, 15) is 9.90 Å². The molecule has 19 heavy (non-hydrogen) atoms. The van der Waals surface area contributed by atoms with Crippen LogP contribution in [0.1, 0.15) is 37.7 Å². The van der Waals surface area contributed by atoms with Crippen LogP contribution in [-0.2, 0) is 11.3 Å². The molecule has 1 aromatic heterocycles. The van der Waals surface area contributed by atoms with Crippen LogP contribution in [-0.4, -0.2) is 28.1 Å². The Morgan fingerprint density at radius 3 is 2.95 bits per heavy atom. The SMILES string of the molecule is O=C(O)C1CC2CCCCC2N1Cc1csc(Br)c1. The van der Waals surface area contributed by atoms with Crippen molar-refractivity contribution in [2.75, 3.05) is 0 Å². The smallest absolute Gasteiger partial charge is 0.320 e. The van der Waals surface area contributed by atoms with Crippen LogP contribution in [0.2, 0.25) is 0 Å². The highest BCUT2D eigenvalue weighted by molar-refractivity contribution is 9.11. The van der Waals surface area contributed by atoms with Gasteiger partial charge in [-0.15, -0.1) is 11.3 Å². The fourth-order valence-electron chi connectivity index (χ4n) is 3.66. The third kappa shape index (κ3) is 2.73. The Balaban J connectivity index is 1.80. The van der Waals surface area contributed by atoms with Gasteiger partial charge in [0.25, 0.3) is 0 Å². The standard InChI is InChI=1S/C14H18BrNO2S/c15-13-5-9(8-19-13)7-16-11-4-2-1-3-10(11)6-12(16)14(17)18/h5,8,10-12H,1-4,6-7H2,(H,17,18). The Morgan fingerprint density at radius 2 is 2.26 bits per heavy atom. The molecule has 3 atom stereocenters. The fraction of sp³-hybridized carbons (Fsp3) is 0.643. The zero-order valence-electron chi connectivity index (χ0n) is 10.7. The van der Waals surface area contributed by atoms with Gasteiger partial charge in [-0.05, 0) is 58.1 Å². The summed E-state index contributed by atoms with van der Waals surface area (Å²) in [5, 5.41) is 11.6. The Hall–Kier alpha value is -0.390. The molecular weight excluding hydrogens is 326 g/mol. The van der Waals surface area contributed by atoms with Gasteiger partial charge in [0.2, 0.25) is 0 Å². The van der Waals surface area contributed by atoms with E-state index in [1.165, 1.54) is 31.2 Å². The van der Waals surface area contributed by atoms with Crippen molar-refractivity contribution in [1.29, 1.82) is 0 Å². The first-order valence-electron chi connectivity index (χ1n) is 6.86. The minimum atomic E-state index is -0.649. The third-order valence-electron chi connectivity index (χ3n) is 4.49. The molecule has 2 fully saturated rings. The Labute approximate surface area is 125 Å². The molecule has 0 bridgehead atoms. The molecule has 2 heterocycles. The van der Waals surface area contributed by atoms with E-state index >= 15 is 0 Å². The van der Waals surface area contributed by atoms with E-state index < -0.39 is 5.97 Å². The van der Waals surface area contributed by atoms with Crippen LogP contribution in [0.5, 0.6) is 0 Å². The number of carboxylic acid groups (broad SMARTS) is 1. The first kappa shape index (κ1) is 13.6. The average Bonchev–Trinajstić information content (AvgIpc) is 2.95. The molecule has 3 unspecified atom stereocenters. The molecule has 104 valence electrons. The largest absolute Gasteiger partial charge is 0.480 e. The summed E-state index contributed by atoms with van der Waals surface area (Å²) in [7, 11) is 0. The average molecular weight is 344 g/mol. The van der Waals surface area contributed by atoms with Crippen molar-refractivity contribution in [3.05, 3.63) is 20.8 Å². The van der Waals surface area contributed by atoms with Crippen molar-refractivity contribution >= 4 is 33.2 Å². The number of thiophene rings is 1. The van der Waals surface area contributed by atoms with Crippen LogP contribution in [0.25, 0.3) is 0 Å². The fourth-order valence-corrected chi connectivity index (χ4v) is 4.86. The van der Waals surface area contributed by atoms with E-state index in [1.54, 1.807) is 11.3 Å². The summed E-state index contributed by atoms with van der Waals surface area (Å²) in [4.78, 5) is 13.7. The minimum Gasteiger partial charge on any atom is -0.480 e. The second-order valence-electron chi connectivity index (χ2n) is 5.63. The predicted octanol–water partition coefficient (Wildman–Crippen LogP) is 3.73. The normalized spacial score (nSPS) is 31.3. The summed E-state index contributed by atoms with van der Waals surface area (Å²) in [6.07, 6.45) is 5.73. The molecule has 3 rings (SSSR count). The summed E-state index contributed by atoms with van der Waals surface area (Å²) in [6, 6.07) is 2.31. The molecule has 1 N–H and O–H groups in total. The zero-order valence-corrected chi connectivity index (χ0v) is 13.1. The number of fused-ring (bicyclic) bond motifs is 1. The van der Waals surface area contributed by atoms with Crippen molar-refractivity contribution in [3.63, 3.8) is 0 Å². The van der Waals surface area contributed by atoms with Crippen LogP contribution in [0, 0.1) is 5.92 Å². The lowest BCUT2D eigenvalue weighted by molar-refractivity contribution is -0.142. The Kier molecular flexibility index (Phi) is 3.96. The number of carbonyl (C=O) groups is 1. The molecular formula is C14H18BrNO2S. The van der Waals surface area contributed by atoms with E-state index in [4.69, 9.17) is 0 Å². The van der Waals surface area contributed by atoms with Gasteiger partial charge in [0.15, 0.2) is 0 Å². The zero-order chi connectivity index (χ0) is 13.4. The molecule has 1 aromatic rings.